The van der Waals surface area contributed by atoms with Gasteiger partial charge in [-0.25, -0.2) is 0 Å². The van der Waals surface area contributed by atoms with Crippen LogP contribution in [0.5, 0.6) is 0 Å². The van der Waals surface area contributed by atoms with Crippen molar-refractivity contribution in [1.29, 1.82) is 0 Å². The lowest BCUT2D eigenvalue weighted by atomic mass is 9.70. The molecule has 2 heteroatoms. The summed E-state index contributed by atoms with van der Waals surface area (Å²) in [4.78, 5) is 0. The van der Waals surface area contributed by atoms with Crippen LogP contribution < -0.4 is 21.4 Å². The maximum Gasteiger partial charge on any atom is 0.0727 e. The minimum absolute atomic E-state index is 0.440. The number of nitrogens with zero attached hydrogens (tertiary/aromatic N) is 2. The molecule has 6 aliphatic carbocycles. The van der Waals surface area contributed by atoms with E-state index in [0.29, 0.717) is 0 Å². The molecule has 4 aromatic carbocycles. The molecule has 0 fully saturated rings. The average molecular weight is 651 g/mol. The lowest BCUT2D eigenvalue weighted by molar-refractivity contribution is 0.788. The summed E-state index contributed by atoms with van der Waals surface area (Å²) in [7, 11) is 0. The zero-order valence-electron chi connectivity index (χ0n) is 28.2. The number of fused-ring (bicyclic) bond motifs is 16. The number of hydrogen-bond donors (Lipinski definition) is 0. The second-order valence-corrected chi connectivity index (χ2v) is 14.6. The van der Waals surface area contributed by atoms with Gasteiger partial charge in [-0.15, -0.1) is 0 Å². The van der Waals surface area contributed by atoms with Crippen LogP contribution in [0, 0.1) is 0 Å². The molecular weight excluding hydrogens is 617 g/mol. The van der Waals surface area contributed by atoms with Gasteiger partial charge in [0.2, 0.25) is 0 Å². The van der Waals surface area contributed by atoms with Gasteiger partial charge in [0.05, 0.1) is 26.8 Å². The van der Waals surface area contributed by atoms with Crippen molar-refractivity contribution in [2.45, 2.75) is 31.1 Å². The molecule has 0 amide bonds. The minimum atomic E-state index is -0.440. The number of rotatable bonds is 2. The van der Waals surface area contributed by atoms with Crippen molar-refractivity contribution in [3.8, 4) is 33.6 Å². The second-order valence-electron chi connectivity index (χ2n) is 14.6. The van der Waals surface area contributed by atoms with E-state index in [9.17, 15) is 0 Å². The first-order valence-electron chi connectivity index (χ1n) is 18.4. The van der Waals surface area contributed by atoms with Crippen LogP contribution >= 0.6 is 0 Å². The van der Waals surface area contributed by atoms with E-state index >= 15 is 0 Å². The SMILES string of the molecule is C1=CCc2c3c(n(-c4ccc5c(c4)C4(c6ccccc6-c6ccccc64)c4cc(-n6c7c(c8c6=CC=CC8)C=CCC=7)ccc4-5)c2=C1)=CCC=C3. The first kappa shape index (κ1) is 27.7. The van der Waals surface area contributed by atoms with E-state index in [1.54, 1.807) is 0 Å². The summed E-state index contributed by atoms with van der Waals surface area (Å²) >= 11 is 0. The molecule has 240 valence electrons. The van der Waals surface area contributed by atoms with Crippen LogP contribution in [-0.4, -0.2) is 9.13 Å². The Bertz CT molecular complexity index is 2760. The third-order valence-electron chi connectivity index (χ3n) is 12.2. The molecule has 6 aromatic rings. The van der Waals surface area contributed by atoms with Crippen molar-refractivity contribution >= 4 is 36.5 Å². The van der Waals surface area contributed by atoms with E-state index in [4.69, 9.17) is 0 Å². The van der Waals surface area contributed by atoms with Crippen LogP contribution in [-0.2, 0) is 18.3 Å². The fraction of sp³-hybridized carbons (Fsp3) is 0.102. The van der Waals surface area contributed by atoms with E-state index in [1.807, 2.05) is 0 Å². The van der Waals surface area contributed by atoms with E-state index in [0.717, 1.165) is 25.7 Å². The molecule has 6 aliphatic rings. The van der Waals surface area contributed by atoms with Crippen molar-refractivity contribution in [3.05, 3.63) is 187 Å². The predicted molar refractivity (Wildman–Crippen MR) is 211 cm³/mol. The van der Waals surface area contributed by atoms with Crippen molar-refractivity contribution < 1.29 is 0 Å². The first-order chi connectivity index (χ1) is 25.3. The molecule has 0 N–H and O–H groups in total. The summed E-state index contributed by atoms with van der Waals surface area (Å²) in [6.45, 7) is 0. The standard InChI is InChI=1S/C49H34N2/c1-7-19-41-33(13-1)34-14-2-8-20-42(34)49(41)43-29-31(50-45-21-9-3-15-37(45)38-16-4-10-22-46(38)50)25-27-35(43)36-28-26-32(30-44(36)49)51-47-23-11-5-17-39(47)40-18-6-12-24-48(40)51/h1-9,11,13-14,16,18-30H,10,12,15,17H2. The Balaban J connectivity index is 1.18. The third-order valence-corrected chi connectivity index (χ3v) is 12.2. The summed E-state index contributed by atoms with van der Waals surface area (Å²) in [5.74, 6) is 0. The molecule has 1 spiro atoms. The number of hydrogen-bond acceptors (Lipinski definition) is 0. The Morgan fingerprint density at radius 3 is 1.43 bits per heavy atom. The molecule has 0 unspecified atom stereocenters. The number of aromatic nitrogens is 2. The fourth-order valence-corrected chi connectivity index (χ4v) is 10.3. The average Bonchev–Trinajstić information content (AvgIpc) is 3.90. The molecule has 0 bridgehead atoms. The van der Waals surface area contributed by atoms with Gasteiger partial charge in [-0.3, -0.25) is 0 Å². The van der Waals surface area contributed by atoms with Gasteiger partial charge < -0.3 is 9.13 Å². The smallest absolute Gasteiger partial charge is 0.0727 e. The molecule has 0 radical (unpaired) electrons. The highest BCUT2D eigenvalue weighted by Crippen LogP contribution is 2.63. The quantitative estimate of drug-likeness (QED) is 0.181. The van der Waals surface area contributed by atoms with Gasteiger partial charge in [-0.05, 0) is 118 Å². The maximum atomic E-state index is 2.53. The zero-order valence-corrected chi connectivity index (χ0v) is 28.2. The normalized spacial score (nSPS) is 16.8. The first-order valence-corrected chi connectivity index (χ1v) is 18.4. The van der Waals surface area contributed by atoms with Crippen LogP contribution in [0.25, 0.3) is 70.1 Å². The lowest BCUT2D eigenvalue weighted by Gasteiger charge is -2.31. The van der Waals surface area contributed by atoms with Crippen LogP contribution in [0.1, 0.15) is 57.3 Å². The highest BCUT2D eigenvalue weighted by molar-refractivity contribution is 5.95. The predicted octanol–water partition coefficient (Wildman–Crippen LogP) is 7.79. The Morgan fingerprint density at radius 2 is 0.922 bits per heavy atom. The second kappa shape index (κ2) is 9.99. The molecular formula is C49H34N2. The lowest BCUT2D eigenvalue weighted by Crippen LogP contribution is -2.30. The summed E-state index contributed by atoms with van der Waals surface area (Å²) in [5.41, 5.74) is 18.4. The summed E-state index contributed by atoms with van der Waals surface area (Å²) in [6.07, 6.45) is 31.6. The largest absolute Gasteiger partial charge is 0.310 e. The number of allylic oxidation sites excluding steroid dienone is 6. The van der Waals surface area contributed by atoms with Gasteiger partial charge in [-0.1, -0.05) is 121 Å². The van der Waals surface area contributed by atoms with Gasteiger partial charge in [0.25, 0.3) is 0 Å². The molecule has 51 heavy (non-hydrogen) atoms. The van der Waals surface area contributed by atoms with Crippen LogP contribution in [0.2, 0.25) is 0 Å². The Morgan fingerprint density at radius 1 is 0.451 bits per heavy atom. The summed E-state index contributed by atoms with van der Waals surface area (Å²) < 4.78 is 5.05. The van der Waals surface area contributed by atoms with Gasteiger partial charge in [0.15, 0.2) is 0 Å². The van der Waals surface area contributed by atoms with E-state index in [2.05, 4.69) is 167 Å². The molecule has 2 nitrogen and oxygen atoms in total. The van der Waals surface area contributed by atoms with E-state index in [1.165, 1.54) is 99.5 Å². The van der Waals surface area contributed by atoms with Crippen molar-refractivity contribution in [3.63, 3.8) is 0 Å². The molecule has 2 aromatic heterocycles. The molecule has 0 atom stereocenters. The molecule has 2 heterocycles. The Hall–Kier alpha value is -6.12. The monoisotopic (exact) mass is 650 g/mol. The molecule has 0 saturated heterocycles. The van der Waals surface area contributed by atoms with Gasteiger partial charge >= 0.3 is 0 Å². The molecule has 0 saturated carbocycles. The van der Waals surface area contributed by atoms with E-state index < -0.39 is 5.41 Å². The third kappa shape index (κ3) is 3.43. The van der Waals surface area contributed by atoms with Crippen molar-refractivity contribution in [2.24, 2.45) is 0 Å². The van der Waals surface area contributed by atoms with Gasteiger partial charge in [0, 0.05) is 22.5 Å². The van der Waals surface area contributed by atoms with Crippen LogP contribution in [0.4, 0.5) is 0 Å². The maximum absolute atomic E-state index is 2.53. The molecule has 0 aliphatic heterocycles. The van der Waals surface area contributed by atoms with Gasteiger partial charge in [-0.2, -0.15) is 0 Å². The highest BCUT2D eigenvalue weighted by atomic mass is 15.0. The van der Waals surface area contributed by atoms with Crippen LogP contribution in [0.15, 0.2) is 121 Å². The zero-order chi connectivity index (χ0) is 33.3. The summed E-state index contributed by atoms with van der Waals surface area (Å²) in [5, 5.41) is 5.25. The Kier molecular flexibility index (Phi) is 5.42. The summed E-state index contributed by atoms with van der Waals surface area (Å²) in [6, 6.07) is 32.9. The van der Waals surface area contributed by atoms with Crippen LogP contribution in [0.3, 0.4) is 0 Å². The van der Waals surface area contributed by atoms with Crippen molar-refractivity contribution in [1.82, 2.24) is 9.13 Å². The highest BCUT2D eigenvalue weighted by Gasteiger charge is 2.52. The molecule has 12 rings (SSSR count). The fourth-order valence-electron chi connectivity index (χ4n) is 10.3. The minimum Gasteiger partial charge on any atom is -0.310 e. The Labute approximate surface area is 296 Å². The van der Waals surface area contributed by atoms with E-state index in [-0.39, 0.29) is 0 Å². The van der Waals surface area contributed by atoms with Gasteiger partial charge in [0.1, 0.15) is 0 Å². The topological polar surface area (TPSA) is 9.86 Å². The van der Waals surface area contributed by atoms with Crippen molar-refractivity contribution in [2.75, 3.05) is 0 Å². The number of benzene rings is 4.